The molecule has 2 aromatic rings. The monoisotopic (exact) mass is 517 g/mol. The maximum atomic E-state index is 13.8. The van der Waals surface area contributed by atoms with Gasteiger partial charge in [0.2, 0.25) is 21.8 Å². The van der Waals surface area contributed by atoms with Crippen molar-refractivity contribution in [3.05, 3.63) is 59.2 Å². The second-order valence-electron chi connectivity index (χ2n) is 10.2. The van der Waals surface area contributed by atoms with Crippen LogP contribution in [0.3, 0.4) is 0 Å². The first-order valence-corrected chi connectivity index (χ1v) is 13.8. The van der Waals surface area contributed by atoms with Crippen molar-refractivity contribution in [3.8, 4) is 5.75 Å². The van der Waals surface area contributed by atoms with Crippen LogP contribution in [0.15, 0.2) is 42.5 Å². The highest BCUT2D eigenvalue weighted by molar-refractivity contribution is 7.92. The van der Waals surface area contributed by atoms with Crippen molar-refractivity contribution in [1.82, 2.24) is 10.2 Å². The van der Waals surface area contributed by atoms with E-state index >= 15 is 0 Å². The van der Waals surface area contributed by atoms with Crippen molar-refractivity contribution in [2.45, 2.75) is 66.1 Å². The van der Waals surface area contributed by atoms with Crippen LogP contribution in [0, 0.1) is 13.8 Å². The maximum Gasteiger partial charge on any atom is 0.244 e. The molecule has 0 spiro atoms. The summed E-state index contributed by atoms with van der Waals surface area (Å²) in [5.41, 5.74) is 2.46. The van der Waals surface area contributed by atoms with Crippen LogP contribution in [0.5, 0.6) is 5.75 Å². The fourth-order valence-electron chi connectivity index (χ4n) is 4.05. The summed E-state index contributed by atoms with van der Waals surface area (Å²) >= 11 is 0. The van der Waals surface area contributed by atoms with Gasteiger partial charge in [-0.3, -0.25) is 13.9 Å². The number of amides is 2. The Kier molecular flexibility index (Phi) is 9.54. The zero-order valence-electron chi connectivity index (χ0n) is 22.6. The molecule has 8 nitrogen and oxygen atoms in total. The predicted octanol–water partition coefficient (Wildman–Crippen LogP) is 3.80. The summed E-state index contributed by atoms with van der Waals surface area (Å²) in [5, 5.41) is 2.95. The topological polar surface area (TPSA) is 96.0 Å². The molecule has 1 atom stereocenters. The minimum atomic E-state index is -3.78. The standard InChI is InChI=1S/C27H39N3O5S/c1-9-24(26(32)28-27(4,5)6)29(17-21-11-10-12-23(16-21)35-7)25(31)18-30(36(8,33)34)22-14-19(2)13-20(3)15-22/h10-16,24H,9,17-18H2,1-8H3,(H,28,32)/t24-/m1/s1. The van der Waals surface area contributed by atoms with Gasteiger partial charge in [-0.15, -0.1) is 0 Å². The van der Waals surface area contributed by atoms with Gasteiger partial charge in [0.25, 0.3) is 0 Å². The largest absolute Gasteiger partial charge is 0.497 e. The minimum absolute atomic E-state index is 0.122. The van der Waals surface area contributed by atoms with E-state index in [0.717, 1.165) is 27.3 Å². The molecule has 1 N–H and O–H groups in total. The Hall–Kier alpha value is -3.07. The number of carbonyl (C=O) groups excluding carboxylic acids is 2. The van der Waals surface area contributed by atoms with Crippen molar-refractivity contribution in [3.63, 3.8) is 0 Å². The van der Waals surface area contributed by atoms with Gasteiger partial charge >= 0.3 is 0 Å². The van der Waals surface area contributed by atoms with E-state index in [2.05, 4.69) is 5.32 Å². The number of carbonyl (C=O) groups is 2. The number of rotatable bonds is 10. The Morgan fingerprint density at radius 2 is 1.67 bits per heavy atom. The Morgan fingerprint density at radius 3 is 2.17 bits per heavy atom. The molecule has 0 aliphatic rings. The van der Waals surface area contributed by atoms with Crippen LogP contribution in [-0.4, -0.2) is 56.6 Å². The quantitative estimate of drug-likeness (QED) is 0.517. The lowest BCUT2D eigenvalue weighted by Gasteiger charge is -2.34. The third kappa shape index (κ3) is 8.26. The summed E-state index contributed by atoms with van der Waals surface area (Å²) in [7, 11) is -2.22. The SMILES string of the molecule is CC[C@H](C(=O)NC(C)(C)C)N(Cc1cccc(OC)c1)C(=O)CN(c1cc(C)cc(C)c1)S(C)(=O)=O. The Balaban J connectivity index is 2.51. The summed E-state index contributed by atoms with van der Waals surface area (Å²) < 4.78 is 32.0. The lowest BCUT2D eigenvalue weighted by molar-refractivity contribution is -0.141. The van der Waals surface area contributed by atoms with Gasteiger partial charge < -0.3 is 15.0 Å². The average molecular weight is 518 g/mol. The molecule has 0 heterocycles. The maximum absolute atomic E-state index is 13.8. The van der Waals surface area contributed by atoms with Gasteiger partial charge in [-0.25, -0.2) is 8.42 Å². The summed E-state index contributed by atoms with van der Waals surface area (Å²) in [6.07, 6.45) is 1.44. The van der Waals surface area contributed by atoms with E-state index in [1.165, 1.54) is 4.90 Å². The van der Waals surface area contributed by atoms with E-state index < -0.39 is 34.1 Å². The van der Waals surface area contributed by atoms with Crippen LogP contribution < -0.4 is 14.4 Å². The molecule has 0 radical (unpaired) electrons. The fraction of sp³-hybridized carbons (Fsp3) is 0.481. The van der Waals surface area contributed by atoms with Crippen molar-refractivity contribution in [1.29, 1.82) is 0 Å². The van der Waals surface area contributed by atoms with Gasteiger partial charge in [0, 0.05) is 12.1 Å². The van der Waals surface area contributed by atoms with Gasteiger partial charge in [-0.1, -0.05) is 25.1 Å². The Morgan fingerprint density at radius 1 is 1.06 bits per heavy atom. The molecule has 0 saturated heterocycles. The highest BCUT2D eigenvalue weighted by atomic mass is 32.2. The Labute approximate surface area is 215 Å². The predicted molar refractivity (Wildman–Crippen MR) is 144 cm³/mol. The summed E-state index contributed by atoms with van der Waals surface area (Å²) in [4.78, 5) is 28.5. The van der Waals surface area contributed by atoms with Crippen LogP contribution in [0.4, 0.5) is 5.69 Å². The van der Waals surface area contributed by atoms with Crippen molar-refractivity contribution in [2.75, 3.05) is 24.2 Å². The number of sulfonamides is 1. The smallest absolute Gasteiger partial charge is 0.244 e. The van der Waals surface area contributed by atoms with Crippen molar-refractivity contribution < 1.29 is 22.7 Å². The number of ether oxygens (including phenoxy) is 1. The van der Waals surface area contributed by atoms with Gasteiger partial charge in [0.15, 0.2) is 0 Å². The van der Waals surface area contributed by atoms with Gasteiger partial charge in [0.05, 0.1) is 19.1 Å². The number of nitrogens with zero attached hydrogens (tertiary/aromatic N) is 2. The molecule has 2 amide bonds. The molecule has 0 bridgehead atoms. The lowest BCUT2D eigenvalue weighted by Crippen LogP contribution is -2.55. The number of aryl methyl sites for hydroxylation is 2. The first-order valence-electron chi connectivity index (χ1n) is 11.9. The molecule has 0 aromatic heterocycles. The zero-order valence-corrected chi connectivity index (χ0v) is 23.4. The van der Waals surface area contributed by atoms with E-state index in [9.17, 15) is 18.0 Å². The highest BCUT2D eigenvalue weighted by Crippen LogP contribution is 2.23. The van der Waals surface area contributed by atoms with Crippen LogP contribution in [0.1, 0.15) is 50.8 Å². The number of anilines is 1. The van der Waals surface area contributed by atoms with Crippen molar-refractivity contribution in [2.24, 2.45) is 0 Å². The molecular formula is C27H39N3O5S. The van der Waals surface area contributed by atoms with Crippen LogP contribution >= 0.6 is 0 Å². The first-order chi connectivity index (χ1) is 16.6. The molecule has 198 valence electrons. The zero-order chi connectivity index (χ0) is 27.3. The highest BCUT2D eigenvalue weighted by Gasteiger charge is 2.33. The number of nitrogens with one attached hydrogen (secondary N) is 1. The van der Waals surface area contributed by atoms with Crippen molar-refractivity contribution >= 4 is 27.5 Å². The molecule has 0 fully saturated rings. The van der Waals surface area contributed by atoms with Gasteiger partial charge in [-0.2, -0.15) is 0 Å². The van der Waals surface area contributed by atoms with E-state index in [-0.39, 0.29) is 12.5 Å². The van der Waals surface area contributed by atoms with E-state index in [1.54, 1.807) is 31.4 Å². The third-order valence-corrected chi connectivity index (χ3v) is 6.69. The minimum Gasteiger partial charge on any atom is -0.497 e. The van der Waals surface area contributed by atoms with E-state index in [4.69, 9.17) is 4.74 Å². The van der Waals surface area contributed by atoms with Gasteiger partial charge in [-0.05, 0) is 82.0 Å². The normalized spacial score (nSPS) is 12.6. The molecule has 36 heavy (non-hydrogen) atoms. The molecule has 2 rings (SSSR count). The van der Waals surface area contributed by atoms with E-state index in [0.29, 0.717) is 17.9 Å². The summed E-state index contributed by atoms with van der Waals surface area (Å²) in [6, 6.07) is 11.9. The second kappa shape index (κ2) is 11.8. The van der Waals surface area contributed by atoms with Crippen LogP contribution in [0.2, 0.25) is 0 Å². The number of methoxy groups -OCH3 is 1. The van der Waals surface area contributed by atoms with E-state index in [1.807, 2.05) is 59.7 Å². The number of hydrogen-bond donors (Lipinski definition) is 1. The van der Waals surface area contributed by atoms with Crippen LogP contribution in [-0.2, 0) is 26.2 Å². The van der Waals surface area contributed by atoms with Crippen LogP contribution in [0.25, 0.3) is 0 Å². The number of hydrogen-bond acceptors (Lipinski definition) is 5. The number of benzene rings is 2. The molecule has 0 aliphatic carbocycles. The molecular weight excluding hydrogens is 478 g/mol. The first kappa shape index (κ1) is 29.2. The fourth-order valence-corrected chi connectivity index (χ4v) is 4.88. The second-order valence-corrected chi connectivity index (χ2v) is 12.1. The summed E-state index contributed by atoms with van der Waals surface area (Å²) in [6.45, 7) is 10.9. The summed E-state index contributed by atoms with van der Waals surface area (Å²) in [5.74, 6) is -0.142. The average Bonchev–Trinajstić information content (AvgIpc) is 2.74. The molecule has 0 unspecified atom stereocenters. The lowest BCUT2D eigenvalue weighted by atomic mass is 10.1. The molecule has 0 saturated carbocycles. The molecule has 9 heteroatoms. The molecule has 2 aromatic carbocycles. The van der Waals surface area contributed by atoms with Gasteiger partial charge in [0.1, 0.15) is 18.3 Å². The third-order valence-electron chi connectivity index (χ3n) is 5.54. The molecule has 0 aliphatic heterocycles. The Bertz CT molecular complexity index is 1170.